The molecule has 10 heteroatoms. The predicted molar refractivity (Wildman–Crippen MR) is 164 cm³/mol. The molecular weight excluding hydrogens is 580 g/mol. The average Bonchev–Trinajstić information content (AvgIpc) is 2.97. The minimum Gasteiger partial charge on any atom is -0.393 e. The molecule has 0 aromatic carbocycles. The van der Waals surface area contributed by atoms with Crippen LogP contribution >= 0.6 is 0 Å². The van der Waals surface area contributed by atoms with Crippen LogP contribution in [0.15, 0.2) is 0 Å². The van der Waals surface area contributed by atoms with Crippen LogP contribution in [-0.2, 0) is 0 Å². The van der Waals surface area contributed by atoms with Gasteiger partial charge in [0.2, 0.25) is 0 Å². The topological polar surface area (TPSA) is 202 Å². The van der Waals surface area contributed by atoms with E-state index in [9.17, 15) is 51.1 Å². The van der Waals surface area contributed by atoms with E-state index < -0.39 is 61.0 Å². The van der Waals surface area contributed by atoms with Crippen molar-refractivity contribution in [1.82, 2.24) is 0 Å². The van der Waals surface area contributed by atoms with E-state index in [0.29, 0.717) is 96.3 Å². The molecular formula is C35H60O10. The monoisotopic (exact) mass is 640 g/mol. The molecule has 20 atom stereocenters. The molecule has 15 aliphatic carbocycles. The van der Waals surface area contributed by atoms with Crippen molar-refractivity contribution in [2.45, 2.75) is 157 Å². The van der Waals surface area contributed by atoms with Crippen LogP contribution in [0.3, 0.4) is 0 Å². The van der Waals surface area contributed by atoms with Gasteiger partial charge in [-0.25, -0.2) is 0 Å². The Kier molecular flexibility index (Phi) is 10.9. The summed E-state index contributed by atoms with van der Waals surface area (Å²) in [6.07, 6.45) is -0.216. The molecule has 0 heterocycles. The molecule has 0 aromatic heterocycles. The van der Waals surface area contributed by atoms with Crippen LogP contribution in [-0.4, -0.2) is 112 Å². The first kappa shape index (κ1) is 34.5. The lowest BCUT2D eigenvalue weighted by molar-refractivity contribution is -0.0938. The summed E-state index contributed by atoms with van der Waals surface area (Å²) in [6, 6.07) is 0. The molecule has 45 heavy (non-hydrogen) atoms. The summed E-state index contributed by atoms with van der Waals surface area (Å²) in [5, 5.41) is 111. The van der Waals surface area contributed by atoms with Crippen molar-refractivity contribution in [3.8, 4) is 0 Å². The Labute approximate surface area is 267 Å². The molecule has 15 aliphatic rings. The molecule has 260 valence electrons. The fraction of sp³-hybridized carbons (Fsp3) is 1.00. The normalized spacial score (nSPS) is 56.7. The third-order valence-electron chi connectivity index (χ3n) is 13.9. The fourth-order valence-corrected chi connectivity index (χ4v) is 11.1. The summed E-state index contributed by atoms with van der Waals surface area (Å²) in [5.74, 6) is -2.04. The number of aliphatic hydroxyl groups excluding tert-OH is 10. The third-order valence-corrected chi connectivity index (χ3v) is 13.9. The number of hydrogen-bond acceptors (Lipinski definition) is 10. The van der Waals surface area contributed by atoms with Gasteiger partial charge in [0.15, 0.2) is 0 Å². The Morgan fingerprint density at radius 1 is 0.156 bits per heavy atom. The van der Waals surface area contributed by atoms with Gasteiger partial charge < -0.3 is 51.1 Å². The van der Waals surface area contributed by atoms with Gasteiger partial charge in [0.05, 0.1) is 61.0 Å². The van der Waals surface area contributed by atoms with Gasteiger partial charge in [0, 0.05) is 0 Å². The Morgan fingerprint density at radius 2 is 0.244 bits per heavy atom. The molecule has 15 fully saturated rings. The van der Waals surface area contributed by atoms with Gasteiger partial charge in [-0.1, -0.05) is 0 Å². The lowest BCUT2D eigenvalue weighted by atomic mass is 9.65. The molecule has 0 saturated heterocycles. The highest BCUT2D eigenvalue weighted by Crippen LogP contribution is 2.47. The Balaban J connectivity index is 1.20. The van der Waals surface area contributed by atoms with Gasteiger partial charge in [0.1, 0.15) is 0 Å². The van der Waals surface area contributed by atoms with E-state index in [4.69, 9.17) is 0 Å². The first-order chi connectivity index (χ1) is 21.4. The van der Waals surface area contributed by atoms with E-state index in [0.717, 1.165) is 0 Å². The summed E-state index contributed by atoms with van der Waals surface area (Å²) in [7, 11) is 0. The van der Waals surface area contributed by atoms with Crippen LogP contribution in [0.25, 0.3) is 0 Å². The minimum atomic E-state index is -0.664. The third kappa shape index (κ3) is 7.61. The van der Waals surface area contributed by atoms with E-state index in [1.807, 2.05) is 0 Å². The van der Waals surface area contributed by atoms with Gasteiger partial charge in [0.25, 0.3) is 0 Å². The largest absolute Gasteiger partial charge is 0.393 e. The SMILES string of the molecule is OC1C[C@@H]2C[C@H]3CC(O)[C@H](CC3O)C[C@H]3CC(O)[C@H](CC3O)C[C@H]3CC(O)[C@H](CC3O)C[C@H]3CC(O)[C@H](CC3O)C[C@H]1CC2O. The van der Waals surface area contributed by atoms with Crippen molar-refractivity contribution in [2.75, 3.05) is 0 Å². The molecule has 10 N–H and O–H groups in total. The van der Waals surface area contributed by atoms with Gasteiger partial charge in [-0.2, -0.15) is 0 Å². The Bertz CT molecular complexity index is 725. The quantitative estimate of drug-likeness (QED) is 0.180. The molecule has 0 amide bonds. The molecule has 0 spiro atoms. The van der Waals surface area contributed by atoms with E-state index >= 15 is 0 Å². The Morgan fingerprint density at radius 3 is 0.333 bits per heavy atom. The zero-order valence-corrected chi connectivity index (χ0v) is 26.6. The summed E-state index contributed by atoms with van der Waals surface area (Å²) < 4.78 is 0. The zero-order chi connectivity index (χ0) is 32.2. The fourth-order valence-electron chi connectivity index (χ4n) is 11.1. The van der Waals surface area contributed by atoms with Gasteiger partial charge in [-0.15, -0.1) is 0 Å². The maximum Gasteiger partial charge on any atom is 0.0573 e. The van der Waals surface area contributed by atoms with E-state index in [-0.39, 0.29) is 59.2 Å². The second kappa shape index (κ2) is 14.2. The van der Waals surface area contributed by atoms with Crippen molar-refractivity contribution in [3.63, 3.8) is 0 Å². The number of rotatable bonds is 0. The standard InChI is InChI=1S/C35H60O10/c36-26-8-18-2-20-10-32(42)22(12-30(20)40)4-24-14-35(45)25(15-34(24)44)5-23-13-31(41)21(11-33(23)43)3-19-9-27(37)17(7-29(19)39)1-16(26)6-28(18)38/h16-45H,1-15H2/t16-,17-,18-,19-,20-,21-,22-,23-,24-,25-,26?,27?,28?,29?,30?,31?,32?,33?,34?,35?/m0/s1. The molecule has 10 unspecified atom stereocenters. The van der Waals surface area contributed by atoms with Crippen molar-refractivity contribution in [2.24, 2.45) is 59.2 Å². The van der Waals surface area contributed by atoms with Crippen molar-refractivity contribution in [1.29, 1.82) is 0 Å². The van der Waals surface area contributed by atoms with Crippen LogP contribution in [0.5, 0.6) is 0 Å². The predicted octanol–water partition coefficient (Wildman–Crippen LogP) is 0.691. The zero-order valence-electron chi connectivity index (χ0n) is 26.6. The highest BCUT2D eigenvalue weighted by molar-refractivity contribution is 4.98. The van der Waals surface area contributed by atoms with Crippen LogP contribution in [0, 0.1) is 59.2 Å². The van der Waals surface area contributed by atoms with E-state index in [2.05, 4.69) is 0 Å². The summed E-state index contributed by atoms with van der Waals surface area (Å²) in [6.45, 7) is 0. The smallest absolute Gasteiger partial charge is 0.0573 e. The summed E-state index contributed by atoms with van der Waals surface area (Å²) in [4.78, 5) is 0. The maximum absolute atomic E-state index is 11.1. The number of aliphatic hydroxyl groups is 10. The maximum atomic E-state index is 11.1. The lowest BCUT2D eigenvalue weighted by Crippen LogP contribution is -2.46. The highest BCUT2D eigenvalue weighted by atomic mass is 16.3. The molecule has 15 rings (SSSR count). The highest BCUT2D eigenvalue weighted by Gasteiger charge is 2.47. The minimum absolute atomic E-state index is 0.204. The average molecular weight is 641 g/mol. The van der Waals surface area contributed by atoms with Crippen molar-refractivity contribution < 1.29 is 51.1 Å². The summed E-state index contributed by atoms with van der Waals surface area (Å²) >= 11 is 0. The molecule has 0 aromatic rings. The van der Waals surface area contributed by atoms with Gasteiger partial charge >= 0.3 is 0 Å². The van der Waals surface area contributed by atoms with E-state index in [1.54, 1.807) is 0 Å². The second-order valence-corrected chi connectivity index (χ2v) is 16.8. The summed E-state index contributed by atoms with van der Waals surface area (Å²) in [5.41, 5.74) is 0. The van der Waals surface area contributed by atoms with Crippen LogP contribution < -0.4 is 0 Å². The first-order valence-corrected chi connectivity index (χ1v) is 18.2. The number of hydrogen-bond donors (Lipinski definition) is 10. The van der Waals surface area contributed by atoms with Gasteiger partial charge in [-0.3, -0.25) is 0 Å². The molecule has 0 radical (unpaired) electrons. The first-order valence-electron chi connectivity index (χ1n) is 18.2. The van der Waals surface area contributed by atoms with Crippen LogP contribution in [0.2, 0.25) is 0 Å². The van der Waals surface area contributed by atoms with Crippen LogP contribution in [0.1, 0.15) is 96.3 Å². The van der Waals surface area contributed by atoms with Gasteiger partial charge in [-0.05, 0) is 155 Å². The molecule has 0 aliphatic heterocycles. The Hall–Kier alpha value is -0.400. The van der Waals surface area contributed by atoms with Crippen LogP contribution in [0.4, 0.5) is 0 Å². The van der Waals surface area contributed by atoms with Crippen molar-refractivity contribution >= 4 is 0 Å². The van der Waals surface area contributed by atoms with Crippen molar-refractivity contribution in [3.05, 3.63) is 0 Å². The molecule has 10 bridgehead atoms. The molecule has 15 saturated carbocycles. The molecule has 10 nitrogen and oxygen atoms in total. The van der Waals surface area contributed by atoms with E-state index in [1.165, 1.54) is 0 Å². The second-order valence-electron chi connectivity index (χ2n) is 16.8. The lowest BCUT2D eigenvalue weighted by Gasteiger charge is -2.45.